The van der Waals surface area contributed by atoms with Crippen LogP contribution in [0.25, 0.3) is 0 Å². The molecule has 0 aliphatic heterocycles. The molecule has 20 heavy (non-hydrogen) atoms. The first kappa shape index (κ1) is 14.6. The second-order valence-corrected chi connectivity index (χ2v) is 4.97. The summed E-state index contributed by atoms with van der Waals surface area (Å²) < 4.78 is 13.5. The quantitative estimate of drug-likeness (QED) is 0.743. The molecule has 0 spiro atoms. The predicted octanol–water partition coefficient (Wildman–Crippen LogP) is 3.08. The van der Waals surface area contributed by atoms with Crippen LogP contribution < -0.4 is 11.1 Å². The number of hydrogen-bond acceptors (Lipinski definition) is 3. The van der Waals surface area contributed by atoms with Crippen molar-refractivity contribution in [1.29, 1.82) is 0 Å². The molecular formula is C15H16ClFN2O. The molecule has 0 bridgehead atoms. The zero-order chi connectivity index (χ0) is 14.5. The normalized spacial score (nSPS) is 12.2. The molecule has 4 N–H and O–H groups in total. The molecule has 0 radical (unpaired) electrons. The van der Waals surface area contributed by atoms with Crippen LogP contribution in [-0.4, -0.2) is 17.8 Å². The fourth-order valence-electron chi connectivity index (χ4n) is 1.97. The average Bonchev–Trinajstić information content (AvgIpc) is 2.45. The highest BCUT2D eigenvalue weighted by Crippen LogP contribution is 2.27. The van der Waals surface area contributed by atoms with E-state index < -0.39 is 5.82 Å². The smallest absolute Gasteiger partial charge is 0.143 e. The largest absolute Gasteiger partial charge is 0.397 e. The standard InChI is InChI=1S/C15H16ClFN2O/c16-12-7-14(18)15(8-13(12)17)19-11(9-20)6-10-4-2-1-3-5-10/h1-5,7-8,11,19-20H,6,9,18H2. The van der Waals surface area contributed by atoms with Gasteiger partial charge in [0.1, 0.15) is 5.82 Å². The van der Waals surface area contributed by atoms with Crippen LogP contribution in [0.4, 0.5) is 15.8 Å². The van der Waals surface area contributed by atoms with Crippen molar-refractivity contribution >= 4 is 23.0 Å². The molecule has 2 aromatic carbocycles. The summed E-state index contributed by atoms with van der Waals surface area (Å²) in [4.78, 5) is 0. The first-order valence-electron chi connectivity index (χ1n) is 6.26. The van der Waals surface area contributed by atoms with Crippen LogP contribution in [0.2, 0.25) is 5.02 Å². The minimum atomic E-state index is -0.542. The van der Waals surface area contributed by atoms with Gasteiger partial charge < -0.3 is 16.2 Å². The predicted molar refractivity (Wildman–Crippen MR) is 80.5 cm³/mol. The van der Waals surface area contributed by atoms with Gasteiger partial charge in [0.15, 0.2) is 0 Å². The summed E-state index contributed by atoms with van der Waals surface area (Å²) in [5.74, 6) is -0.542. The number of nitrogens with two attached hydrogens (primary N) is 1. The van der Waals surface area contributed by atoms with Crippen LogP contribution in [0.15, 0.2) is 42.5 Å². The molecule has 2 rings (SSSR count). The topological polar surface area (TPSA) is 58.3 Å². The molecule has 2 aromatic rings. The van der Waals surface area contributed by atoms with Gasteiger partial charge in [0.25, 0.3) is 0 Å². The van der Waals surface area contributed by atoms with E-state index in [4.69, 9.17) is 17.3 Å². The van der Waals surface area contributed by atoms with Crippen molar-refractivity contribution in [3.05, 3.63) is 58.9 Å². The first-order valence-corrected chi connectivity index (χ1v) is 6.63. The third-order valence-electron chi connectivity index (χ3n) is 3.00. The Labute approximate surface area is 122 Å². The lowest BCUT2D eigenvalue weighted by molar-refractivity contribution is 0.273. The Morgan fingerprint density at radius 2 is 1.95 bits per heavy atom. The van der Waals surface area contributed by atoms with Crippen LogP contribution in [0.1, 0.15) is 5.56 Å². The lowest BCUT2D eigenvalue weighted by Gasteiger charge is -2.19. The molecular weight excluding hydrogens is 279 g/mol. The summed E-state index contributed by atoms with van der Waals surface area (Å²) in [7, 11) is 0. The summed E-state index contributed by atoms with van der Waals surface area (Å²) in [5.41, 5.74) is 7.65. The van der Waals surface area contributed by atoms with Crippen molar-refractivity contribution in [3.8, 4) is 0 Å². The zero-order valence-electron chi connectivity index (χ0n) is 10.8. The Hall–Kier alpha value is -1.78. The van der Waals surface area contributed by atoms with Crippen LogP contribution in [0, 0.1) is 5.82 Å². The highest BCUT2D eigenvalue weighted by Gasteiger charge is 2.12. The Balaban J connectivity index is 2.12. The van der Waals surface area contributed by atoms with Gasteiger partial charge in [-0.05, 0) is 18.1 Å². The molecule has 1 atom stereocenters. The van der Waals surface area contributed by atoms with E-state index in [-0.39, 0.29) is 17.7 Å². The van der Waals surface area contributed by atoms with E-state index in [9.17, 15) is 9.50 Å². The number of anilines is 2. The average molecular weight is 295 g/mol. The second-order valence-electron chi connectivity index (χ2n) is 4.57. The lowest BCUT2D eigenvalue weighted by Crippen LogP contribution is -2.26. The van der Waals surface area contributed by atoms with Gasteiger partial charge in [0, 0.05) is 6.07 Å². The molecule has 3 nitrogen and oxygen atoms in total. The summed E-state index contributed by atoms with van der Waals surface area (Å²) >= 11 is 5.65. The van der Waals surface area contributed by atoms with Crippen LogP contribution in [-0.2, 0) is 6.42 Å². The number of aliphatic hydroxyl groups is 1. The monoisotopic (exact) mass is 294 g/mol. The first-order chi connectivity index (χ1) is 9.60. The number of rotatable bonds is 5. The molecule has 0 aliphatic rings. The van der Waals surface area contributed by atoms with Crippen molar-refractivity contribution in [2.45, 2.75) is 12.5 Å². The maximum atomic E-state index is 13.5. The van der Waals surface area contributed by atoms with E-state index in [1.54, 1.807) is 0 Å². The SMILES string of the molecule is Nc1cc(Cl)c(F)cc1NC(CO)Cc1ccccc1. The number of nitrogens with one attached hydrogen (secondary N) is 1. The highest BCUT2D eigenvalue weighted by molar-refractivity contribution is 6.31. The van der Waals surface area contributed by atoms with Gasteiger partial charge in [0.2, 0.25) is 0 Å². The zero-order valence-corrected chi connectivity index (χ0v) is 11.6. The molecule has 1 unspecified atom stereocenters. The van der Waals surface area contributed by atoms with Crippen molar-refractivity contribution in [3.63, 3.8) is 0 Å². The highest BCUT2D eigenvalue weighted by atomic mass is 35.5. The van der Waals surface area contributed by atoms with Gasteiger partial charge in [-0.3, -0.25) is 0 Å². The summed E-state index contributed by atoms with van der Waals surface area (Å²) in [6.45, 7) is -0.0847. The Morgan fingerprint density at radius 1 is 1.25 bits per heavy atom. The van der Waals surface area contributed by atoms with Crippen molar-refractivity contribution < 1.29 is 9.50 Å². The maximum absolute atomic E-state index is 13.5. The number of benzene rings is 2. The fraction of sp³-hybridized carbons (Fsp3) is 0.200. The van der Waals surface area contributed by atoms with Crippen LogP contribution >= 0.6 is 11.6 Å². The summed E-state index contributed by atoms with van der Waals surface area (Å²) in [6, 6.07) is 12.1. The second kappa shape index (κ2) is 6.59. The minimum absolute atomic E-state index is 0.0170. The maximum Gasteiger partial charge on any atom is 0.143 e. The van der Waals surface area contributed by atoms with Crippen molar-refractivity contribution in [2.24, 2.45) is 0 Å². The van der Waals surface area contributed by atoms with Gasteiger partial charge in [-0.15, -0.1) is 0 Å². The fourth-order valence-corrected chi connectivity index (χ4v) is 2.14. The van der Waals surface area contributed by atoms with Crippen molar-refractivity contribution in [1.82, 2.24) is 0 Å². The molecule has 0 saturated carbocycles. The molecule has 0 fully saturated rings. The summed E-state index contributed by atoms with van der Waals surface area (Å²) in [5, 5.41) is 12.5. The van der Waals surface area contributed by atoms with Gasteiger partial charge in [-0.25, -0.2) is 4.39 Å². The third-order valence-corrected chi connectivity index (χ3v) is 3.29. The molecule has 0 aromatic heterocycles. The van der Waals surface area contributed by atoms with Crippen LogP contribution in [0.3, 0.4) is 0 Å². The molecule has 0 amide bonds. The number of halogens is 2. The number of aliphatic hydroxyl groups excluding tert-OH is 1. The molecule has 0 saturated heterocycles. The van der Waals surface area contributed by atoms with E-state index in [0.717, 1.165) is 5.56 Å². The van der Waals surface area contributed by atoms with Gasteiger partial charge in [-0.1, -0.05) is 41.9 Å². The van der Waals surface area contributed by atoms with Gasteiger partial charge >= 0.3 is 0 Å². The van der Waals surface area contributed by atoms with Crippen molar-refractivity contribution in [2.75, 3.05) is 17.7 Å². The number of nitrogen functional groups attached to an aromatic ring is 1. The van der Waals surface area contributed by atoms with E-state index >= 15 is 0 Å². The van der Waals surface area contributed by atoms with Crippen LogP contribution in [0.5, 0.6) is 0 Å². The third kappa shape index (κ3) is 3.62. The Bertz CT molecular complexity index is 578. The lowest BCUT2D eigenvalue weighted by atomic mass is 10.1. The summed E-state index contributed by atoms with van der Waals surface area (Å²) in [6.07, 6.45) is 0.612. The molecule has 0 heterocycles. The Kier molecular flexibility index (Phi) is 4.82. The van der Waals surface area contributed by atoms with Gasteiger partial charge in [0.05, 0.1) is 29.0 Å². The molecule has 0 aliphatic carbocycles. The van der Waals surface area contributed by atoms with E-state index in [1.165, 1.54) is 12.1 Å². The molecule has 5 heteroatoms. The Morgan fingerprint density at radius 3 is 2.60 bits per heavy atom. The minimum Gasteiger partial charge on any atom is -0.397 e. The molecule has 106 valence electrons. The van der Waals surface area contributed by atoms with Gasteiger partial charge in [-0.2, -0.15) is 0 Å². The number of hydrogen-bond donors (Lipinski definition) is 3. The van der Waals surface area contributed by atoms with E-state index in [2.05, 4.69) is 5.32 Å². The van der Waals surface area contributed by atoms with E-state index in [1.807, 2.05) is 30.3 Å². The van der Waals surface area contributed by atoms with E-state index in [0.29, 0.717) is 17.8 Å².